The summed E-state index contributed by atoms with van der Waals surface area (Å²) in [6.07, 6.45) is 0. The number of carbonyl (C=O) groups is 2. The normalized spacial score (nSPS) is 13.6. The number of thioether (sulfide) groups is 1. The molecule has 0 fully saturated rings. The lowest BCUT2D eigenvalue weighted by Gasteiger charge is -2.21. The minimum Gasteiger partial charge on any atom is -0.463 e. The first-order chi connectivity index (χ1) is 15.1. The van der Waals surface area contributed by atoms with E-state index >= 15 is 0 Å². The van der Waals surface area contributed by atoms with Gasteiger partial charge in [-0.3, -0.25) is 9.36 Å². The Kier molecular flexibility index (Phi) is 6.03. The van der Waals surface area contributed by atoms with Crippen LogP contribution in [0.3, 0.4) is 0 Å². The highest BCUT2D eigenvalue weighted by Gasteiger charge is 2.24. The largest absolute Gasteiger partial charge is 0.463 e. The van der Waals surface area contributed by atoms with Gasteiger partial charge >= 0.3 is 12.0 Å². The van der Waals surface area contributed by atoms with E-state index in [-0.39, 0.29) is 24.5 Å². The lowest BCUT2D eigenvalue weighted by Crippen LogP contribution is -2.44. The Morgan fingerprint density at radius 1 is 1.13 bits per heavy atom. The number of nitrogens with one attached hydrogen (secondary N) is 2. The van der Waals surface area contributed by atoms with Gasteiger partial charge in [0.15, 0.2) is 5.16 Å². The fraction of sp³-hybridized carbons (Fsp3) is 0.182. The predicted octanol–water partition coefficient (Wildman–Crippen LogP) is 2.61. The summed E-state index contributed by atoms with van der Waals surface area (Å²) >= 11 is 1.26. The first-order valence-corrected chi connectivity index (χ1v) is 10.7. The van der Waals surface area contributed by atoms with Crippen LogP contribution in [0.1, 0.15) is 6.92 Å². The van der Waals surface area contributed by atoms with E-state index in [0.717, 1.165) is 0 Å². The van der Waals surface area contributed by atoms with Gasteiger partial charge in [-0.25, -0.2) is 14.6 Å². The zero-order valence-electron chi connectivity index (χ0n) is 16.8. The number of hydrogen-bond donors (Lipinski definition) is 2. The molecule has 9 heteroatoms. The Morgan fingerprint density at radius 2 is 1.87 bits per heavy atom. The van der Waals surface area contributed by atoms with Crippen LogP contribution >= 0.6 is 11.8 Å². The number of urea groups is 1. The number of ether oxygens (including phenoxy) is 1. The van der Waals surface area contributed by atoms with Crippen molar-refractivity contribution < 1.29 is 14.3 Å². The summed E-state index contributed by atoms with van der Waals surface area (Å²) in [5, 5.41) is 6.23. The Labute approximate surface area is 182 Å². The molecule has 0 aliphatic carbocycles. The van der Waals surface area contributed by atoms with Gasteiger partial charge in [0.25, 0.3) is 5.56 Å². The molecular weight excluding hydrogens is 416 g/mol. The molecule has 0 unspecified atom stereocenters. The van der Waals surface area contributed by atoms with E-state index in [1.54, 1.807) is 29.7 Å². The quantitative estimate of drug-likeness (QED) is 0.350. The van der Waals surface area contributed by atoms with Crippen molar-refractivity contribution in [2.24, 2.45) is 0 Å². The fourth-order valence-corrected chi connectivity index (χ4v) is 4.22. The van der Waals surface area contributed by atoms with Gasteiger partial charge in [0.1, 0.15) is 0 Å². The van der Waals surface area contributed by atoms with Crippen LogP contribution in [0.25, 0.3) is 16.6 Å². The fourth-order valence-electron chi connectivity index (χ4n) is 3.22. The van der Waals surface area contributed by atoms with Crippen molar-refractivity contribution in [1.82, 2.24) is 20.2 Å². The van der Waals surface area contributed by atoms with E-state index in [9.17, 15) is 14.4 Å². The van der Waals surface area contributed by atoms with Gasteiger partial charge in [-0.2, -0.15) is 0 Å². The molecule has 0 spiro atoms. The van der Waals surface area contributed by atoms with Crippen molar-refractivity contribution in [1.29, 1.82) is 0 Å². The number of amides is 2. The highest BCUT2D eigenvalue weighted by atomic mass is 32.2. The SMILES string of the molecule is CCOC(=O)C1=C(CSc2nc3ccccc3c(=O)n2-c2ccccc2)NC(=O)NC1. The molecule has 1 aromatic heterocycles. The number of esters is 1. The Morgan fingerprint density at radius 3 is 2.65 bits per heavy atom. The minimum absolute atomic E-state index is 0.0806. The second-order valence-electron chi connectivity index (χ2n) is 6.66. The zero-order valence-corrected chi connectivity index (χ0v) is 17.6. The number of aromatic nitrogens is 2. The summed E-state index contributed by atoms with van der Waals surface area (Å²) in [6, 6.07) is 16.0. The molecule has 2 amide bonds. The van der Waals surface area contributed by atoms with Gasteiger partial charge in [-0.05, 0) is 31.2 Å². The molecule has 0 saturated carbocycles. The standard InChI is InChI=1S/C22H20N4O4S/c1-2-30-20(28)16-12-23-21(29)24-18(16)13-31-22-25-17-11-7-6-10-15(17)19(27)26(22)14-8-4-3-5-9-14/h3-11H,2,12-13H2,1H3,(H2,23,24,29). The van der Waals surface area contributed by atoms with Gasteiger partial charge in [0, 0.05) is 11.4 Å². The van der Waals surface area contributed by atoms with E-state index in [1.165, 1.54) is 11.8 Å². The third kappa shape index (κ3) is 4.31. The molecule has 0 atom stereocenters. The molecule has 158 valence electrons. The molecule has 31 heavy (non-hydrogen) atoms. The Bertz CT molecular complexity index is 1240. The lowest BCUT2D eigenvalue weighted by atomic mass is 10.2. The maximum atomic E-state index is 13.3. The molecule has 4 rings (SSSR count). The number of fused-ring (bicyclic) bond motifs is 1. The topological polar surface area (TPSA) is 102 Å². The molecule has 0 saturated heterocycles. The van der Waals surface area contributed by atoms with Crippen molar-refractivity contribution in [3.63, 3.8) is 0 Å². The first kappa shape index (κ1) is 20.7. The molecule has 3 aromatic rings. The van der Waals surface area contributed by atoms with Gasteiger partial charge in [-0.1, -0.05) is 42.1 Å². The van der Waals surface area contributed by atoms with Crippen LogP contribution in [0.4, 0.5) is 4.79 Å². The third-order valence-corrected chi connectivity index (χ3v) is 5.65. The second kappa shape index (κ2) is 9.05. The van der Waals surface area contributed by atoms with Gasteiger partial charge in [0.05, 0.1) is 35.3 Å². The highest BCUT2D eigenvalue weighted by Crippen LogP contribution is 2.24. The molecular formula is C22H20N4O4S. The molecule has 2 aromatic carbocycles. The van der Waals surface area contributed by atoms with Crippen LogP contribution < -0.4 is 16.2 Å². The first-order valence-electron chi connectivity index (χ1n) is 9.72. The number of carbonyl (C=O) groups excluding carboxylic acids is 2. The molecule has 1 aliphatic rings. The van der Waals surface area contributed by atoms with Gasteiger partial charge in [0.2, 0.25) is 0 Å². The summed E-state index contributed by atoms with van der Waals surface area (Å²) in [5.74, 6) is -0.253. The molecule has 0 bridgehead atoms. The highest BCUT2D eigenvalue weighted by molar-refractivity contribution is 7.99. The van der Waals surface area contributed by atoms with Gasteiger partial charge in [-0.15, -0.1) is 0 Å². The van der Waals surface area contributed by atoms with Crippen LogP contribution in [-0.4, -0.2) is 40.5 Å². The van der Waals surface area contributed by atoms with Crippen LogP contribution in [0.5, 0.6) is 0 Å². The maximum Gasteiger partial charge on any atom is 0.337 e. The number of rotatable bonds is 6. The summed E-state index contributed by atoms with van der Waals surface area (Å²) in [7, 11) is 0. The van der Waals surface area contributed by atoms with Crippen LogP contribution in [0.2, 0.25) is 0 Å². The summed E-state index contributed by atoms with van der Waals surface area (Å²) < 4.78 is 6.64. The molecule has 2 N–H and O–H groups in total. The average molecular weight is 436 g/mol. The van der Waals surface area contributed by atoms with Crippen molar-refractivity contribution in [3.05, 3.63) is 76.2 Å². The maximum absolute atomic E-state index is 13.3. The summed E-state index contributed by atoms with van der Waals surface area (Å²) in [6.45, 7) is 2.03. The van der Waals surface area contributed by atoms with Crippen molar-refractivity contribution in [2.45, 2.75) is 12.1 Å². The number of benzene rings is 2. The van der Waals surface area contributed by atoms with Crippen LogP contribution in [-0.2, 0) is 9.53 Å². The molecule has 2 heterocycles. The number of nitrogens with zero attached hydrogens (tertiary/aromatic N) is 2. The van der Waals surface area contributed by atoms with Crippen molar-refractivity contribution in [2.75, 3.05) is 18.9 Å². The second-order valence-corrected chi connectivity index (χ2v) is 7.60. The van der Waals surface area contributed by atoms with E-state index in [1.807, 2.05) is 36.4 Å². The smallest absolute Gasteiger partial charge is 0.337 e. The number of para-hydroxylation sites is 2. The van der Waals surface area contributed by atoms with Crippen LogP contribution in [0.15, 0.2) is 75.8 Å². The molecule has 0 radical (unpaired) electrons. The number of hydrogen-bond acceptors (Lipinski definition) is 6. The van der Waals surface area contributed by atoms with Crippen molar-refractivity contribution >= 4 is 34.7 Å². The Hall–Kier alpha value is -3.59. The van der Waals surface area contributed by atoms with E-state index in [4.69, 9.17) is 4.74 Å². The molecule has 8 nitrogen and oxygen atoms in total. The van der Waals surface area contributed by atoms with Crippen molar-refractivity contribution in [3.8, 4) is 5.69 Å². The average Bonchev–Trinajstić information content (AvgIpc) is 2.78. The minimum atomic E-state index is -0.488. The monoisotopic (exact) mass is 436 g/mol. The van der Waals surface area contributed by atoms with Crippen LogP contribution in [0, 0.1) is 0 Å². The Balaban J connectivity index is 1.76. The molecule has 1 aliphatic heterocycles. The summed E-state index contributed by atoms with van der Waals surface area (Å²) in [4.78, 5) is 42.1. The third-order valence-electron chi connectivity index (χ3n) is 4.68. The zero-order chi connectivity index (χ0) is 21.8. The van der Waals surface area contributed by atoms with E-state index in [0.29, 0.717) is 33.0 Å². The lowest BCUT2D eigenvalue weighted by molar-refractivity contribution is -0.138. The van der Waals surface area contributed by atoms with E-state index in [2.05, 4.69) is 15.6 Å². The van der Waals surface area contributed by atoms with Gasteiger partial charge < -0.3 is 15.4 Å². The van der Waals surface area contributed by atoms with E-state index < -0.39 is 12.0 Å². The predicted molar refractivity (Wildman–Crippen MR) is 118 cm³/mol. The summed E-state index contributed by atoms with van der Waals surface area (Å²) in [5.41, 5.74) is 1.86.